The highest BCUT2D eigenvalue weighted by Crippen LogP contribution is 2.34. The number of carboxylic acid groups (broad SMARTS) is 2. The molecule has 0 heterocycles. The number of hydrogen-bond acceptors (Lipinski definition) is 7. The zero-order valence-corrected chi connectivity index (χ0v) is 17.1. The molecular formula is C22H25NO8. The molecule has 0 aliphatic heterocycles. The van der Waals surface area contributed by atoms with E-state index in [2.05, 4.69) is 5.32 Å². The summed E-state index contributed by atoms with van der Waals surface area (Å²) in [4.78, 5) is 23.4. The van der Waals surface area contributed by atoms with Crippen molar-refractivity contribution in [1.29, 1.82) is 0 Å². The van der Waals surface area contributed by atoms with Crippen LogP contribution in [0.1, 0.15) is 18.4 Å². The maximum absolute atomic E-state index is 12.0. The van der Waals surface area contributed by atoms with Gasteiger partial charge in [-0.1, -0.05) is 19.1 Å². The molecular weight excluding hydrogens is 406 g/mol. The van der Waals surface area contributed by atoms with Crippen LogP contribution in [0.3, 0.4) is 0 Å². The van der Waals surface area contributed by atoms with Gasteiger partial charge < -0.3 is 35.2 Å². The van der Waals surface area contributed by atoms with Gasteiger partial charge in [-0.05, 0) is 24.2 Å². The minimum absolute atomic E-state index is 0.0963. The van der Waals surface area contributed by atoms with Gasteiger partial charge in [0.1, 0.15) is 29.1 Å². The lowest BCUT2D eigenvalue weighted by molar-refractivity contribution is -0.135. The molecule has 9 nitrogen and oxygen atoms in total. The maximum Gasteiger partial charge on any atom is 0.332 e. The van der Waals surface area contributed by atoms with Gasteiger partial charge in [0.15, 0.2) is 0 Å². The predicted molar refractivity (Wildman–Crippen MR) is 112 cm³/mol. The maximum atomic E-state index is 12.0. The number of ether oxygens (including phenoxy) is 2. The molecule has 0 aliphatic carbocycles. The van der Waals surface area contributed by atoms with Gasteiger partial charge in [-0.3, -0.25) is 0 Å². The summed E-state index contributed by atoms with van der Waals surface area (Å²) in [5.74, 6) is -3.65. The number of methoxy groups -OCH3 is 1. The molecule has 0 bridgehead atoms. The van der Waals surface area contributed by atoms with Crippen LogP contribution in [-0.4, -0.2) is 58.7 Å². The lowest BCUT2D eigenvalue weighted by atomic mass is 9.85. The Balaban J connectivity index is 2.60. The van der Waals surface area contributed by atoms with Crippen LogP contribution in [0.15, 0.2) is 54.1 Å². The first-order valence-electron chi connectivity index (χ1n) is 9.47. The first-order valence-corrected chi connectivity index (χ1v) is 9.47. The summed E-state index contributed by atoms with van der Waals surface area (Å²) in [5.41, 5.74) is 0.105. The summed E-state index contributed by atoms with van der Waals surface area (Å²) in [6, 6.07) is 10.2. The van der Waals surface area contributed by atoms with Gasteiger partial charge in [-0.25, -0.2) is 9.59 Å². The van der Waals surface area contributed by atoms with Crippen LogP contribution in [0.2, 0.25) is 0 Å². The smallest absolute Gasteiger partial charge is 0.332 e. The van der Waals surface area contributed by atoms with E-state index in [0.29, 0.717) is 23.9 Å². The molecule has 0 aromatic heterocycles. The van der Waals surface area contributed by atoms with Gasteiger partial charge in [0, 0.05) is 30.8 Å². The van der Waals surface area contributed by atoms with E-state index in [9.17, 15) is 30.0 Å². The molecule has 0 amide bonds. The number of nitrogens with one attached hydrogen (secondary N) is 1. The quantitative estimate of drug-likeness (QED) is 0.338. The predicted octanol–water partition coefficient (Wildman–Crippen LogP) is 2.34. The topological polar surface area (TPSA) is 146 Å². The zero-order chi connectivity index (χ0) is 23.0. The van der Waals surface area contributed by atoms with Crippen LogP contribution < -0.4 is 14.8 Å². The van der Waals surface area contributed by atoms with E-state index in [4.69, 9.17) is 9.47 Å². The number of carbonyl (C=O) groups is 2. The Morgan fingerprint density at radius 1 is 1.03 bits per heavy atom. The van der Waals surface area contributed by atoms with Gasteiger partial charge in [-0.15, -0.1) is 0 Å². The molecule has 2 unspecified atom stereocenters. The monoisotopic (exact) mass is 431 g/mol. The van der Waals surface area contributed by atoms with Crippen molar-refractivity contribution in [3.05, 3.63) is 59.7 Å². The Kier molecular flexibility index (Phi) is 8.27. The van der Waals surface area contributed by atoms with Gasteiger partial charge in [0.2, 0.25) is 0 Å². The van der Waals surface area contributed by atoms with E-state index >= 15 is 0 Å². The summed E-state index contributed by atoms with van der Waals surface area (Å²) >= 11 is 0. The standard InChI is InChI=1S/C22H25NO8/c1-3-23-12-19(31-17-9-14(24)8-15(25)10-17)21(18(22(28)29)11-20(26)27)13-4-6-16(30-2)7-5-13/h4-11,19,21,23-25H,3,12H2,1-2H3,(H,26,27)(H,28,29)/b18-11+. The first kappa shape index (κ1) is 23.6. The molecule has 0 saturated carbocycles. The molecule has 5 N–H and O–H groups in total. The minimum Gasteiger partial charge on any atom is -0.508 e. The molecule has 0 spiro atoms. The number of hydrogen-bond donors (Lipinski definition) is 5. The Labute approximate surface area is 179 Å². The molecule has 0 fully saturated rings. The molecule has 0 radical (unpaired) electrons. The second kappa shape index (κ2) is 10.9. The van der Waals surface area contributed by atoms with Crippen molar-refractivity contribution in [3.8, 4) is 23.0 Å². The first-order chi connectivity index (χ1) is 14.7. The summed E-state index contributed by atoms with van der Waals surface area (Å²) in [6.45, 7) is 2.56. The fourth-order valence-electron chi connectivity index (χ4n) is 3.15. The van der Waals surface area contributed by atoms with E-state index in [1.54, 1.807) is 24.3 Å². The minimum atomic E-state index is -1.41. The van der Waals surface area contributed by atoms with Crippen molar-refractivity contribution in [3.63, 3.8) is 0 Å². The summed E-state index contributed by atoms with van der Waals surface area (Å²) in [6.07, 6.45) is -0.254. The van der Waals surface area contributed by atoms with Gasteiger partial charge >= 0.3 is 11.9 Å². The molecule has 2 aromatic carbocycles. The number of aliphatic carboxylic acids is 2. The summed E-state index contributed by atoms with van der Waals surface area (Å²) in [7, 11) is 1.49. The van der Waals surface area contributed by atoms with E-state index in [1.165, 1.54) is 19.2 Å². The van der Waals surface area contributed by atoms with Gasteiger partial charge in [0.05, 0.1) is 18.6 Å². The Morgan fingerprint density at radius 3 is 2.13 bits per heavy atom. The van der Waals surface area contributed by atoms with Crippen molar-refractivity contribution in [2.24, 2.45) is 0 Å². The SMILES string of the molecule is CCNCC(Oc1cc(O)cc(O)c1)C(/C(=C\C(=O)O)C(=O)O)c1ccc(OC)cc1. The molecule has 166 valence electrons. The molecule has 31 heavy (non-hydrogen) atoms. The van der Waals surface area contributed by atoms with Crippen LogP contribution in [0.5, 0.6) is 23.0 Å². The number of phenols is 2. The van der Waals surface area contributed by atoms with Crippen molar-refractivity contribution in [1.82, 2.24) is 5.32 Å². The Hall–Kier alpha value is -3.72. The van der Waals surface area contributed by atoms with Crippen LogP contribution >= 0.6 is 0 Å². The number of carboxylic acids is 2. The molecule has 9 heteroatoms. The fraction of sp³-hybridized carbons (Fsp3) is 0.273. The van der Waals surface area contributed by atoms with Crippen LogP contribution in [0, 0.1) is 0 Å². The Morgan fingerprint density at radius 2 is 1.65 bits per heavy atom. The number of benzene rings is 2. The van der Waals surface area contributed by atoms with Crippen LogP contribution in [-0.2, 0) is 9.59 Å². The third-order valence-corrected chi connectivity index (χ3v) is 4.47. The third-order valence-electron chi connectivity index (χ3n) is 4.47. The zero-order valence-electron chi connectivity index (χ0n) is 17.1. The van der Waals surface area contributed by atoms with Gasteiger partial charge in [0.25, 0.3) is 0 Å². The Bertz CT molecular complexity index is 919. The molecule has 0 saturated heterocycles. The van der Waals surface area contributed by atoms with Crippen molar-refractivity contribution in [2.75, 3.05) is 20.2 Å². The lowest BCUT2D eigenvalue weighted by Crippen LogP contribution is -2.38. The summed E-state index contributed by atoms with van der Waals surface area (Å²) < 4.78 is 11.1. The highest BCUT2D eigenvalue weighted by molar-refractivity contribution is 5.96. The number of rotatable bonds is 11. The molecule has 2 atom stereocenters. The van der Waals surface area contributed by atoms with E-state index < -0.39 is 24.0 Å². The highest BCUT2D eigenvalue weighted by Gasteiger charge is 2.33. The van der Waals surface area contributed by atoms with E-state index in [0.717, 1.165) is 6.07 Å². The second-order valence-electron chi connectivity index (χ2n) is 6.64. The lowest BCUT2D eigenvalue weighted by Gasteiger charge is -2.29. The molecule has 2 aromatic rings. The van der Waals surface area contributed by atoms with Crippen LogP contribution in [0.25, 0.3) is 0 Å². The largest absolute Gasteiger partial charge is 0.508 e. The van der Waals surface area contributed by atoms with E-state index in [1.807, 2.05) is 6.92 Å². The number of phenolic OH excluding ortho intramolecular Hbond substituents is 2. The van der Waals surface area contributed by atoms with Crippen LogP contribution in [0.4, 0.5) is 0 Å². The van der Waals surface area contributed by atoms with E-state index in [-0.39, 0.29) is 29.4 Å². The molecule has 0 aliphatic rings. The van der Waals surface area contributed by atoms with Crippen molar-refractivity contribution < 1.29 is 39.5 Å². The van der Waals surface area contributed by atoms with Gasteiger partial charge in [-0.2, -0.15) is 0 Å². The second-order valence-corrected chi connectivity index (χ2v) is 6.64. The summed E-state index contributed by atoms with van der Waals surface area (Å²) in [5, 5.41) is 41.6. The average molecular weight is 431 g/mol. The average Bonchev–Trinajstić information content (AvgIpc) is 2.70. The highest BCUT2D eigenvalue weighted by atomic mass is 16.5. The van der Waals surface area contributed by atoms with Crippen molar-refractivity contribution >= 4 is 11.9 Å². The third kappa shape index (κ3) is 6.65. The normalized spacial score (nSPS) is 13.3. The molecule has 2 rings (SSSR count). The number of likely N-dealkylation sites (N-methyl/N-ethyl adjacent to an activating group) is 1. The number of aromatic hydroxyl groups is 2. The van der Waals surface area contributed by atoms with Crippen molar-refractivity contribution in [2.45, 2.75) is 18.9 Å². The fourth-order valence-corrected chi connectivity index (χ4v) is 3.15.